The Labute approximate surface area is 129 Å². The molecule has 1 aliphatic carbocycles. The highest BCUT2D eigenvalue weighted by Crippen LogP contribution is 2.60. The van der Waals surface area contributed by atoms with Crippen LogP contribution in [-0.2, 0) is 11.3 Å². The van der Waals surface area contributed by atoms with Gasteiger partial charge in [-0.1, -0.05) is 30.3 Å². The van der Waals surface area contributed by atoms with Crippen LogP contribution in [0.3, 0.4) is 0 Å². The molecule has 2 N–H and O–H groups in total. The zero-order valence-corrected chi connectivity index (χ0v) is 11.9. The zero-order valence-electron chi connectivity index (χ0n) is 11.9. The molecule has 1 aromatic carbocycles. The van der Waals surface area contributed by atoms with E-state index < -0.39 is 24.5 Å². The molecule has 1 heterocycles. The van der Waals surface area contributed by atoms with Gasteiger partial charge in [0.1, 0.15) is 6.54 Å². The average molecular weight is 325 g/mol. The van der Waals surface area contributed by atoms with Crippen LogP contribution in [0.4, 0.5) is 13.2 Å². The van der Waals surface area contributed by atoms with Crippen LogP contribution in [0.25, 0.3) is 0 Å². The first-order chi connectivity index (χ1) is 10.9. The van der Waals surface area contributed by atoms with Crippen LogP contribution in [0.5, 0.6) is 0 Å². The predicted molar refractivity (Wildman–Crippen MR) is 73.6 cm³/mol. The topological polar surface area (TPSA) is 67.2 Å². The van der Waals surface area contributed by atoms with Gasteiger partial charge < -0.3 is 0 Å². The second-order valence-corrected chi connectivity index (χ2v) is 5.55. The second-order valence-electron chi connectivity index (χ2n) is 5.55. The van der Waals surface area contributed by atoms with Gasteiger partial charge in [-0.25, -0.2) is 5.48 Å². The molecule has 1 aromatic heterocycles. The second kappa shape index (κ2) is 5.69. The molecule has 122 valence electrons. The van der Waals surface area contributed by atoms with E-state index in [1.165, 1.54) is 12.4 Å². The van der Waals surface area contributed by atoms with E-state index in [0.29, 0.717) is 5.56 Å². The molecule has 2 aromatic rings. The highest BCUT2D eigenvalue weighted by molar-refractivity contribution is 5.84. The van der Waals surface area contributed by atoms with Crippen molar-refractivity contribution in [2.75, 3.05) is 0 Å². The number of carbonyl (C=O) groups is 1. The number of rotatable bonds is 4. The summed E-state index contributed by atoms with van der Waals surface area (Å²) in [6.45, 7) is -1.17. The van der Waals surface area contributed by atoms with E-state index >= 15 is 0 Å². The van der Waals surface area contributed by atoms with Gasteiger partial charge in [-0.15, -0.1) is 0 Å². The molecular weight excluding hydrogens is 311 g/mol. The first-order valence-corrected chi connectivity index (χ1v) is 6.98. The lowest BCUT2D eigenvalue weighted by atomic mass is 10.1. The van der Waals surface area contributed by atoms with Crippen molar-refractivity contribution < 1.29 is 23.2 Å². The van der Waals surface area contributed by atoms with E-state index in [1.807, 2.05) is 30.3 Å². The maximum atomic E-state index is 12.4. The molecule has 0 spiro atoms. The van der Waals surface area contributed by atoms with Crippen molar-refractivity contribution in [3.8, 4) is 0 Å². The number of benzene rings is 1. The molecule has 8 heteroatoms. The average Bonchev–Trinajstić information content (AvgIpc) is 3.10. The third kappa shape index (κ3) is 3.21. The molecule has 1 aliphatic rings. The summed E-state index contributed by atoms with van der Waals surface area (Å²) < 4.78 is 38.0. The minimum absolute atomic E-state index is 0.188. The number of hydrogen-bond donors (Lipinski definition) is 2. The third-order valence-electron chi connectivity index (χ3n) is 4.00. The summed E-state index contributed by atoms with van der Waals surface area (Å²) in [4.78, 5) is 11.8. The minimum Gasteiger partial charge on any atom is -0.289 e. The van der Waals surface area contributed by atoms with Crippen LogP contribution in [0, 0.1) is 5.92 Å². The Kier molecular flexibility index (Phi) is 3.85. The lowest BCUT2D eigenvalue weighted by Gasteiger charge is -2.05. The first-order valence-electron chi connectivity index (χ1n) is 6.98. The predicted octanol–water partition coefficient (Wildman–Crippen LogP) is 2.45. The Morgan fingerprint density at radius 3 is 2.48 bits per heavy atom. The van der Waals surface area contributed by atoms with Crippen molar-refractivity contribution in [1.82, 2.24) is 15.3 Å². The first kappa shape index (κ1) is 15.5. The van der Waals surface area contributed by atoms with Gasteiger partial charge in [0.15, 0.2) is 0 Å². The molecule has 3 rings (SSSR count). The van der Waals surface area contributed by atoms with Crippen molar-refractivity contribution in [2.45, 2.75) is 24.6 Å². The number of hydrogen-bond acceptors (Lipinski definition) is 3. The molecule has 1 saturated carbocycles. The van der Waals surface area contributed by atoms with Crippen LogP contribution in [0.1, 0.15) is 23.0 Å². The normalized spacial score (nSPS) is 23.6. The van der Waals surface area contributed by atoms with Gasteiger partial charge in [-0.2, -0.15) is 18.3 Å². The highest BCUT2D eigenvalue weighted by atomic mass is 19.4. The number of nitrogens with zero attached hydrogens (tertiary/aromatic N) is 2. The van der Waals surface area contributed by atoms with Crippen molar-refractivity contribution in [1.29, 1.82) is 0 Å². The standard InChI is InChI=1S/C15H14F3N3O2/c16-15(17,18)8-21-7-10(6-19-21)12-11(13(12)14(22)20-23)9-4-2-1-3-5-9/h1-7,11-13,23H,8H2,(H,20,22)/t11-,12-,13-/m1/s1. The van der Waals surface area contributed by atoms with Gasteiger partial charge in [-0.05, 0) is 11.1 Å². The van der Waals surface area contributed by atoms with Gasteiger partial charge in [0, 0.05) is 18.0 Å². The van der Waals surface area contributed by atoms with Crippen LogP contribution in [0.15, 0.2) is 42.7 Å². The van der Waals surface area contributed by atoms with E-state index in [2.05, 4.69) is 5.10 Å². The molecule has 23 heavy (non-hydrogen) atoms. The highest BCUT2D eigenvalue weighted by Gasteiger charge is 2.56. The van der Waals surface area contributed by atoms with Crippen LogP contribution < -0.4 is 5.48 Å². The van der Waals surface area contributed by atoms with Gasteiger partial charge >= 0.3 is 6.18 Å². The van der Waals surface area contributed by atoms with Crippen molar-refractivity contribution in [3.05, 3.63) is 53.9 Å². The summed E-state index contributed by atoms with van der Waals surface area (Å²) >= 11 is 0. The molecule has 0 unspecified atom stereocenters. The number of carbonyl (C=O) groups excluding carboxylic acids is 1. The van der Waals surface area contributed by atoms with E-state index in [4.69, 9.17) is 5.21 Å². The Morgan fingerprint density at radius 1 is 1.22 bits per heavy atom. The fourth-order valence-electron chi connectivity index (χ4n) is 3.04. The molecule has 0 aliphatic heterocycles. The van der Waals surface area contributed by atoms with E-state index in [0.717, 1.165) is 10.2 Å². The number of aromatic nitrogens is 2. The van der Waals surface area contributed by atoms with Gasteiger partial charge in [0.25, 0.3) is 0 Å². The smallest absolute Gasteiger partial charge is 0.289 e. The SMILES string of the molecule is O=C(NO)[C@@H]1[C@H](c2ccccc2)[C@H]1c1cnn(CC(F)(F)F)c1. The summed E-state index contributed by atoms with van der Waals surface area (Å²) in [5, 5.41) is 12.6. The lowest BCUT2D eigenvalue weighted by molar-refractivity contribution is -0.142. The molecular formula is C15H14F3N3O2. The van der Waals surface area contributed by atoms with Crippen LogP contribution in [-0.4, -0.2) is 27.1 Å². The zero-order chi connectivity index (χ0) is 16.6. The number of hydroxylamine groups is 1. The number of alkyl halides is 3. The molecule has 3 atom stereocenters. The third-order valence-corrected chi connectivity index (χ3v) is 4.00. The Bertz CT molecular complexity index is 699. The van der Waals surface area contributed by atoms with Crippen LogP contribution in [0.2, 0.25) is 0 Å². The Hall–Kier alpha value is -2.35. The molecule has 5 nitrogen and oxygen atoms in total. The number of nitrogens with one attached hydrogen (secondary N) is 1. The maximum Gasteiger partial charge on any atom is 0.408 e. The van der Waals surface area contributed by atoms with Crippen molar-refractivity contribution in [3.63, 3.8) is 0 Å². The van der Waals surface area contributed by atoms with Gasteiger partial charge in [0.05, 0.1) is 12.1 Å². The molecule has 0 saturated heterocycles. The maximum absolute atomic E-state index is 12.4. The molecule has 0 bridgehead atoms. The monoisotopic (exact) mass is 325 g/mol. The number of halogens is 3. The summed E-state index contributed by atoms with van der Waals surface area (Å²) in [7, 11) is 0. The lowest BCUT2D eigenvalue weighted by Crippen LogP contribution is -2.21. The van der Waals surface area contributed by atoms with Crippen molar-refractivity contribution in [2.24, 2.45) is 5.92 Å². The quantitative estimate of drug-likeness (QED) is 0.670. The number of amides is 1. The fourth-order valence-corrected chi connectivity index (χ4v) is 3.04. The molecule has 1 amide bonds. The summed E-state index contributed by atoms with van der Waals surface area (Å²) in [6, 6.07) is 9.19. The van der Waals surface area contributed by atoms with Crippen LogP contribution >= 0.6 is 0 Å². The van der Waals surface area contributed by atoms with Crippen molar-refractivity contribution >= 4 is 5.91 Å². The largest absolute Gasteiger partial charge is 0.408 e. The van der Waals surface area contributed by atoms with Gasteiger partial charge in [0.2, 0.25) is 5.91 Å². The molecule has 1 fully saturated rings. The van der Waals surface area contributed by atoms with E-state index in [1.54, 1.807) is 5.48 Å². The Morgan fingerprint density at radius 2 is 1.87 bits per heavy atom. The van der Waals surface area contributed by atoms with Gasteiger partial charge in [-0.3, -0.25) is 14.7 Å². The fraction of sp³-hybridized carbons (Fsp3) is 0.333. The summed E-state index contributed by atoms with van der Waals surface area (Å²) in [5.74, 6) is -1.56. The summed E-state index contributed by atoms with van der Waals surface area (Å²) in [5.41, 5.74) is 3.08. The minimum atomic E-state index is -4.35. The van der Waals surface area contributed by atoms with E-state index in [9.17, 15) is 18.0 Å². The molecule has 0 radical (unpaired) electrons. The van der Waals surface area contributed by atoms with E-state index in [-0.39, 0.29) is 11.8 Å². The Balaban J connectivity index is 1.84. The summed E-state index contributed by atoms with van der Waals surface area (Å²) in [6.07, 6.45) is -1.71.